The van der Waals surface area contributed by atoms with E-state index in [9.17, 15) is 0 Å². The summed E-state index contributed by atoms with van der Waals surface area (Å²) in [5, 5.41) is 12.1. The second-order valence-corrected chi connectivity index (χ2v) is 4.78. The van der Waals surface area contributed by atoms with Crippen LogP contribution in [0.4, 0.5) is 5.82 Å². The Balaban J connectivity index is 1.63. The number of benzene rings is 2. The van der Waals surface area contributed by atoms with Crippen LogP contribution in [-0.2, 0) is 6.54 Å². The Morgan fingerprint density at radius 3 is 2.35 bits per heavy atom. The van der Waals surface area contributed by atoms with E-state index < -0.39 is 0 Å². The molecule has 0 fully saturated rings. The van der Waals surface area contributed by atoms with E-state index in [1.54, 1.807) is 6.20 Å². The van der Waals surface area contributed by atoms with Crippen LogP contribution in [0.3, 0.4) is 0 Å². The summed E-state index contributed by atoms with van der Waals surface area (Å²) in [7, 11) is 0. The first-order chi connectivity index (χ1) is 11.3. The molecule has 1 aromatic heterocycles. The molecular formula is C18H14N4O. The Hall–Kier alpha value is -3.39. The number of hydrogen-bond acceptors (Lipinski definition) is 5. The lowest BCUT2D eigenvalue weighted by molar-refractivity contribution is 0.482. The molecule has 0 atom stereocenters. The van der Waals surface area contributed by atoms with E-state index in [4.69, 9.17) is 10.00 Å². The molecule has 0 spiro atoms. The maximum absolute atomic E-state index is 8.98. The minimum atomic E-state index is 0.288. The van der Waals surface area contributed by atoms with Crippen LogP contribution in [0.15, 0.2) is 67.0 Å². The first-order valence-electron chi connectivity index (χ1n) is 7.12. The Morgan fingerprint density at radius 2 is 1.61 bits per heavy atom. The topological polar surface area (TPSA) is 70.8 Å². The van der Waals surface area contributed by atoms with Crippen LogP contribution in [0, 0.1) is 11.3 Å². The van der Waals surface area contributed by atoms with Crippen LogP contribution in [0.2, 0.25) is 0 Å². The number of nitrogens with one attached hydrogen (secondary N) is 1. The Bertz CT molecular complexity index is 810. The molecule has 0 amide bonds. The summed E-state index contributed by atoms with van der Waals surface area (Å²) in [5.74, 6) is 2.06. The van der Waals surface area contributed by atoms with Gasteiger partial charge in [0.25, 0.3) is 0 Å². The van der Waals surface area contributed by atoms with E-state index in [-0.39, 0.29) is 5.69 Å². The molecule has 112 valence electrons. The number of para-hydroxylation sites is 1. The number of ether oxygens (including phenoxy) is 1. The van der Waals surface area contributed by atoms with Crippen molar-refractivity contribution in [3.05, 3.63) is 78.2 Å². The number of anilines is 1. The largest absolute Gasteiger partial charge is 0.457 e. The summed E-state index contributed by atoms with van der Waals surface area (Å²) in [6.07, 6.45) is 3.05. The highest BCUT2D eigenvalue weighted by Gasteiger charge is 2.03. The summed E-state index contributed by atoms with van der Waals surface area (Å²) in [4.78, 5) is 8.08. The van der Waals surface area contributed by atoms with E-state index in [0.29, 0.717) is 12.4 Å². The van der Waals surface area contributed by atoms with Crippen molar-refractivity contribution in [1.29, 1.82) is 5.26 Å². The summed E-state index contributed by atoms with van der Waals surface area (Å²) in [6, 6.07) is 19.4. The Morgan fingerprint density at radius 1 is 0.913 bits per heavy atom. The summed E-state index contributed by atoms with van der Waals surface area (Å²) in [5.41, 5.74) is 1.34. The van der Waals surface area contributed by atoms with Gasteiger partial charge in [-0.1, -0.05) is 30.3 Å². The predicted molar refractivity (Wildman–Crippen MR) is 87.0 cm³/mol. The van der Waals surface area contributed by atoms with Crippen molar-refractivity contribution in [2.75, 3.05) is 5.32 Å². The second kappa shape index (κ2) is 7.05. The molecule has 5 nitrogen and oxygen atoms in total. The number of nitriles is 1. The van der Waals surface area contributed by atoms with Crippen molar-refractivity contribution in [2.24, 2.45) is 0 Å². The zero-order valence-corrected chi connectivity index (χ0v) is 12.3. The Labute approximate surface area is 134 Å². The quantitative estimate of drug-likeness (QED) is 0.777. The summed E-state index contributed by atoms with van der Waals surface area (Å²) in [6.45, 7) is 0.555. The Kier molecular flexibility index (Phi) is 4.46. The molecule has 0 aliphatic rings. The van der Waals surface area contributed by atoms with E-state index in [1.165, 1.54) is 6.20 Å². The van der Waals surface area contributed by atoms with Gasteiger partial charge in [-0.15, -0.1) is 0 Å². The van der Waals surface area contributed by atoms with E-state index in [2.05, 4.69) is 15.3 Å². The van der Waals surface area contributed by atoms with Crippen LogP contribution in [0.1, 0.15) is 11.3 Å². The molecule has 3 rings (SSSR count). The van der Waals surface area contributed by atoms with Gasteiger partial charge in [-0.05, 0) is 29.8 Å². The summed E-state index contributed by atoms with van der Waals surface area (Å²) >= 11 is 0. The molecule has 3 aromatic rings. The van der Waals surface area contributed by atoms with Crippen molar-refractivity contribution in [3.8, 4) is 17.6 Å². The van der Waals surface area contributed by atoms with E-state index in [0.717, 1.165) is 17.1 Å². The van der Waals surface area contributed by atoms with Crippen LogP contribution in [0.25, 0.3) is 0 Å². The van der Waals surface area contributed by atoms with Gasteiger partial charge in [0.2, 0.25) is 0 Å². The molecule has 0 radical (unpaired) electrons. The third kappa shape index (κ3) is 3.83. The fourth-order valence-electron chi connectivity index (χ4n) is 2.03. The van der Waals surface area contributed by atoms with Crippen LogP contribution in [-0.4, -0.2) is 9.97 Å². The lowest BCUT2D eigenvalue weighted by Crippen LogP contribution is -2.04. The highest BCUT2D eigenvalue weighted by Crippen LogP contribution is 2.21. The SMILES string of the molecule is N#Cc1nccnc1NCc1ccc(Oc2ccccc2)cc1. The average Bonchev–Trinajstić information content (AvgIpc) is 2.62. The molecule has 23 heavy (non-hydrogen) atoms. The highest BCUT2D eigenvalue weighted by molar-refractivity contribution is 5.47. The molecule has 0 aliphatic heterocycles. The van der Waals surface area contributed by atoms with Gasteiger partial charge in [0.1, 0.15) is 17.6 Å². The molecule has 0 aliphatic carbocycles. The number of hydrogen-bond donors (Lipinski definition) is 1. The van der Waals surface area contributed by atoms with Gasteiger partial charge in [0, 0.05) is 18.9 Å². The van der Waals surface area contributed by atoms with Crippen LogP contribution >= 0.6 is 0 Å². The van der Waals surface area contributed by atoms with E-state index >= 15 is 0 Å². The number of rotatable bonds is 5. The zero-order chi connectivity index (χ0) is 15.9. The molecule has 2 aromatic carbocycles. The van der Waals surface area contributed by atoms with Crippen LogP contribution in [0.5, 0.6) is 11.5 Å². The molecule has 0 saturated heterocycles. The molecule has 0 bridgehead atoms. The van der Waals surface area contributed by atoms with Gasteiger partial charge in [-0.25, -0.2) is 9.97 Å². The number of aromatic nitrogens is 2. The predicted octanol–water partition coefficient (Wildman–Crippen LogP) is 3.75. The van der Waals surface area contributed by atoms with Crippen molar-refractivity contribution in [3.63, 3.8) is 0 Å². The maximum atomic E-state index is 8.98. The van der Waals surface area contributed by atoms with Crippen molar-refractivity contribution in [1.82, 2.24) is 9.97 Å². The fourth-order valence-corrected chi connectivity index (χ4v) is 2.03. The minimum absolute atomic E-state index is 0.288. The third-order valence-electron chi connectivity index (χ3n) is 3.17. The fraction of sp³-hybridized carbons (Fsp3) is 0.0556. The van der Waals surface area contributed by atoms with Crippen molar-refractivity contribution in [2.45, 2.75) is 6.54 Å². The summed E-state index contributed by atoms with van der Waals surface area (Å²) < 4.78 is 5.75. The van der Waals surface area contributed by atoms with Crippen molar-refractivity contribution < 1.29 is 4.74 Å². The van der Waals surface area contributed by atoms with Gasteiger partial charge >= 0.3 is 0 Å². The van der Waals surface area contributed by atoms with E-state index in [1.807, 2.05) is 60.7 Å². The molecule has 5 heteroatoms. The second-order valence-electron chi connectivity index (χ2n) is 4.78. The lowest BCUT2D eigenvalue weighted by Gasteiger charge is -2.08. The first-order valence-corrected chi connectivity index (χ1v) is 7.12. The molecule has 1 heterocycles. The minimum Gasteiger partial charge on any atom is -0.457 e. The van der Waals surface area contributed by atoms with Gasteiger partial charge in [-0.2, -0.15) is 5.26 Å². The van der Waals surface area contributed by atoms with Gasteiger partial charge in [-0.3, -0.25) is 0 Å². The van der Waals surface area contributed by atoms with Crippen LogP contribution < -0.4 is 10.1 Å². The standard InChI is InChI=1S/C18H14N4O/c19-12-17-18(21-11-10-20-17)22-13-14-6-8-16(9-7-14)23-15-4-2-1-3-5-15/h1-11H,13H2,(H,21,22). The third-order valence-corrected chi connectivity index (χ3v) is 3.17. The van der Waals surface area contributed by atoms with Crippen molar-refractivity contribution >= 4 is 5.82 Å². The maximum Gasteiger partial charge on any atom is 0.182 e. The monoisotopic (exact) mass is 302 g/mol. The molecule has 1 N–H and O–H groups in total. The smallest absolute Gasteiger partial charge is 0.182 e. The average molecular weight is 302 g/mol. The number of nitrogens with zero attached hydrogens (tertiary/aromatic N) is 3. The first kappa shape index (κ1) is 14.5. The van der Waals surface area contributed by atoms with Gasteiger partial charge in [0.05, 0.1) is 0 Å². The zero-order valence-electron chi connectivity index (χ0n) is 12.3. The normalized spacial score (nSPS) is 9.87. The van der Waals surface area contributed by atoms with Gasteiger partial charge in [0.15, 0.2) is 11.5 Å². The van der Waals surface area contributed by atoms with Gasteiger partial charge < -0.3 is 10.1 Å². The molecule has 0 saturated carbocycles. The highest BCUT2D eigenvalue weighted by atomic mass is 16.5. The molecule has 0 unspecified atom stereocenters. The lowest BCUT2D eigenvalue weighted by atomic mass is 10.2. The molecular weight excluding hydrogens is 288 g/mol.